The highest BCUT2D eigenvalue weighted by molar-refractivity contribution is 6.25. The largest absolute Gasteiger partial charge is 0.307 e. The smallest absolute Gasteiger partial charge is 0.140 e. The fraction of sp³-hybridized carbons (Fsp3) is 0. The number of benzene rings is 10. The molecule has 0 aliphatic rings. The van der Waals surface area contributed by atoms with Gasteiger partial charge in [-0.15, -0.1) is 0 Å². The van der Waals surface area contributed by atoms with Gasteiger partial charge >= 0.3 is 0 Å². The van der Waals surface area contributed by atoms with Gasteiger partial charge < -0.3 is 13.7 Å². The van der Waals surface area contributed by atoms with Crippen LogP contribution in [0.2, 0.25) is 0 Å². The Balaban J connectivity index is 0.995. The van der Waals surface area contributed by atoms with Crippen molar-refractivity contribution in [3.8, 4) is 28.7 Å². The predicted octanol–water partition coefficient (Wildman–Crippen LogP) is 16.6. The Morgan fingerprint density at radius 1 is 0.197 bits per heavy atom. The van der Waals surface area contributed by atoms with Crippen molar-refractivity contribution in [3.63, 3.8) is 0 Å². The second-order valence-corrected chi connectivity index (χ2v) is 18.7. The Morgan fingerprint density at radius 3 is 0.901 bits per heavy atom. The van der Waals surface area contributed by atoms with Crippen molar-refractivity contribution >= 4 is 109 Å². The van der Waals surface area contributed by atoms with Crippen LogP contribution in [0.5, 0.6) is 0 Å². The first kappa shape index (κ1) is 38.3. The van der Waals surface area contributed by atoms with Crippen LogP contribution in [0.4, 0.5) is 0 Å². The number of hydrogen-bond donors (Lipinski definition) is 0. The molecule has 0 amide bonds. The molecule has 6 heterocycles. The molecule has 0 unspecified atom stereocenters. The molecular formula is C65H40N6. The summed E-state index contributed by atoms with van der Waals surface area (Å²) in [5, 5.41) is 12.1. The molecule has 0 aliphatic heterocycles. The SMILES string of the molecule is c1ccc(-n2c3ccccc3c3ccc4c5ccccc5n(-c5cccc(-n6c7ccccc7c7ccc8c9ccccc9n(-c9cccc(-n%10c%11ccccc%11c%11ccccc%11%10)n9)c8c76)c5)c4c32)cc1. The molecule has 0 radical (unpaired) electrons. The molecule has 0 saturated carbocycles. The average Bonchev–Trinajstić information content (AvgIpc) is 4.24. The maximum atomic E-state index is 5.61. The van der Waals surface area contributed by atoms with E-state index in [4.69, 9.17) is 4.98 Å². The van der Waals surface area contributed by atoms with Gasteiger partial charge in [0.2, 0.25) is 0 Å². The van der Waals surface area contributed by atoms with Gasteiger partial charge in [0, 0.05) is 70.9 Å². The lowest BCUT2D eigenvalue weighted by Gasteiger charge is -2.16. The number of pyridine rings is 1. The maximum Gasteiger partial charge on any atom is 0.140 e. The van der Waals surface area contributed by atoms with E-state index in [1.54, 1.807) is 0 Å². The van der Waals surface area contributed by atoms with Gasteiger partial charge in [-0.3, -0.25) is 9.13 Å². The quantitative estimate of drug-likeness (QED) is 0.170. The van der Waals surface area contributed by atoms with E-state index in [1.807, 2.05) is 0 Å². The van der Waals surface area contributed by atoms with E-state index in [-0.39, 0.29) is 0 Å². The minimum Gasteiger partial charge on any atom is -0.307 e. The summed E-state index contributed by atoms with van der Waals surface area (Å²) in [6, 6.07) is 88.3. The molecule has 0 atom stereocenters. The normalized spacial score (nSPS) is 12.2. The summed E-state index contributed by atoms with van der Waals surface area (Å²) in [5.41, 5.74) is 14.8. The molecule has 6 aromatic heterocycles. The highest BCUT2D eigenvalue weighted by Crippen LogP contribution is 2.45. The Kier molecular flexibility index (Phi) is 7.79. The molecule has 0 N–H and O–H groups in total. The Bertz CT molecular complexity index is 4830. The summed E-state index contributed by atoms with van der Waals surface area (Å²) < 4.78 is 12.2. The Hall–Kier alpha value is -9.65. The van der Waals surface area contributed by atoms with Crippen LogP contribution in [0.25, 0.3) is 138 Å². The van der Waals surface area contributed by atoms with Crippen LogP contribution in [0.15, 0.2) is 243 Å². The molecule has 330 valence electrons. The molecule has 71 heavy (non-hydrogen) atoms. The fourth-order valence-corrected chi connectivity index (χ4v) is 12.2. The van der Waals surface area contributed by atoms with Crippen LogP contribution in [0.3, 0.4) is 0 Å². The van der Waals surface area contributed by atoms with Gasteiger partial charge in [0.15, 0.2) is 0 Å². The molecule has 6 nitrogen and oxygen atoms in total. The van der Waals surface area contributed by atoms with Crippen LogP contribution in [-0.2, 0) is 0 Å². The highest BCUT2D eigenvalue weighted by Gasteiger charge is 2.25. The summed E-state index contributed by atoms with van der Waals surface area (Å²) in [4.78, 5) is 5.61. The number of aromatic nitrogens is 6. The molecule has 0 bridgehead atoms. The van der Waals surface area contributed by atoms with Crippen LogP contribution >= 0.6 is 0 Å². The minimum absolute atomic E-state index is 0.858. The Labute approximate surface area is 406 Å². The third kappa shape index (κ3) is 5.22. The van der Waals surface area contributed by atoms with Gasteiger partial charge in [-0.1, -0.05) is 164 Å². The molecule has 16 aromatic rings. The molecular weight excluding hydrogens is 865 g/mol. The van der Waals surface area contributed by atoms with E-state index in [9.17, 15) is 0 Å². The molecule has 0 aliphatic carbocycles. The summed E-state index contributed by atoms with van der Waals surface area (Å²) >= 11 is 0. The van der Waals surface area contributed by atoms with Gasteiger partial charge in [-0.05, 0) is 78.9 Å². The van der Waals surface area contributed by atoms with Crippen molar-refractivity contribution in [3.05, 3.63) is 243 Å². The third-order valence-electron chi connectivity index (χ3n) is 15.1. The van der Waals surface area contributed by atoms with Crippen molar-refractivity contribution in [2.45, 2.75) is 0 Å². The van der Waals surface area contributed by atoms with Crippen LogP contribution < -0.4 is 0 Å². The zero-order valence-corrected chi connectivity index (χ0v) is 38.3. The van der Waals surface area contributed by atoms with Gasteiger partial charge in [-0.25, -0.2) is 4.98 Å². The third-order valence-corrected chi connectivity index (χ3v) is 15.1. The molecule has 16 rings (SSSR count). The first-order chi connectivity index (χ1) is 35.3. The number of rotatable bonds is 5. The summed E-state index contributed by atoms with van der Waals surface area (Å²) in [6.07, 6.45) is 0. The van der Waals surface area contributed by atoms with E-state index < -0.39 is 0 Å². The maximum absolute atomic E-state index is 5.61. The average molecular weight is 905 g/mol. The van der Waals surface area contributed by atoms with Crippen LogP contribution in [0, 0.1) is 0 Å². The lowest BCUT2D eigenvalue weighted by atomic mass is 10.1. The number of hydrogen-bond acceptors (Lipinski definition) is 1. The molecule has 0 fully saturated rings. The standard InChI is InChI=1S/C65H40N6/c1-2-18-41(19-3-1)67-54-28-10-6-24-46(54)50-36-37-51-47-25-7-11-29-55(47)68(63(51)62(50)67)42-20-16-21-43(40-42)69-56-30-12-8-26-48(56)52-38-39-53-49-27-9-15-33-59(49)71(65(53)64(52)69)61-35-17-34-60(66-61)70-57-31-13-4-22-44(57)45-23-5-14-32-58(45)70/h1-40H. The first-order valence-electron chi connectivity index (χ1n) is 24.3. The summed E-state index contributed by atoms with van der Waals surface area (Å²) in [7, 11) is 0. The Morgan fingerprint density at radius 2 is 0.479 bits per heavy atom. The minimum atomic E-state index is 0.858. The zero-order chi connectivity index (χ0) is 46.3. The van der Waals surface area contributed by atoms with Crippen LogP contribution in [0.1, 0.15) is 0 Å². The fourth-order valence-electron chi connectivity index (χ4n) is 12.2. The number of para-hydroxylation sites is 7. The number of fused-ring (bicyclic) bond motifs is 17. The second-order valence-electron chi connectivity index (χ2n) is 18.7. The lowest BCUT2D eigenvalue weighted by Crippen LogP contribution is -2.04. The summed E-state index contributed by atoms with van der Waals surface area (Å²) in [5.74, 6) is 1.73. The highest BCUT2D eigenvalue weighted by atomic mass is 15.1. The predicted molar refractivity (Wildman–Crippen MR) is 296 cm³/mol. The van der Waals surface area contributed by atoms with Crippen LogP contribution in [-0.4, -0.2) is 27.8 Å². The molecule has 10 aromatic carbocycles. The van der Waals surface area contributed by atoms with Crippen molar-refractivity contribution in [2.24, 2.45) is 0 Å². The van der Waals surface area contributed by atoms with Gasteiger partial charge in [0.25, 0.3) is 0 Å². The second kappa shape index (κ2) is 14.4. The monoisotopic (exact) mass is 904 g/mol. The van der Waals surface area contributed by atoms with Crippen molar-refractivity contribution in [1.82, 2.24) is 27.8 Å². The van der Waals surface area contributed by atoms with Gasteiger partial charge in [-0.2, -0.15) is 0 Å². The van der Waals surface area contributed by atoms with E-state index in [0.717, 1.165) is 67.3 Å². The number of nitrogens with zero attached hydrogens (tertiary/aromatic N) is 6. The van der Waals surface area contributed by atoms with E-state index in [1.165, 1.54) is 70.4 Å². The van der Waals surface area contributed by atoms with E-state index in [0.29, 0.717) is 0 Å². The lowest BCUT2D eigenvalue weighted by molar-refractivity contribution is 1.01. The van der Waals surface area contributed by atoms with Gasteiger partial charge in [0.1, 0.15) is 11.6 Å². The van der Waals surface area contributed by atoms with E-state index >= 15 is 0 Å². The topological polar surface area (TPSA) is 37.5 Å². The first-order valence-corrected chi connectivity index (χ1v) is 24.3. The molecule has 6 heteroatoms. The van der Waals surface area contributed by atoms with E-state index in [2.05, 4.69) is 265 Å². The van der Waals surface area contributed by atoms with Gasteiger partial charge in [0.05, 0.1) is 55.2 Å². The zero-order valence-electron chi connectivity index (χ0n) is 38.3. The molecule has 0 saturated heterocycles. The molecule has 0 spiro atoms. The summed E-state index contributed by atoms with van der Waals surface area (Å²) in [6.45, 7) is 0. The van der Waals surface area contributed by atoms with Crippen molar-refractivity contribution in [1.29, 1.82) is 0 Å². The van der Waals surface area contributed by atoms with Crippen molar-refractivity contribution in [2.75, 3.05) is 0 Å². The van der Waals surface area contributed by atoms with Crippen molar-refractivity contribution < 1.29 is 0 Å².